The van der Waals surface area contributed by atoms with Crippen LogP contribution in [0.2, 0.25) is 0 Å². The fourth-order valence-electron chi connectivity index (χ4n) is 1.16. The molecule has 1 atom stereocenters. The van der Waals surface area contributed by atoms with Crippen molar-refractivity contribution in [1.29, 1.82) is 5.26 Å². The Morgan fingerprint density at radius 1 is 1.23 bits per heavy atom. The van der Waals surface area contributed by atoms with Crippen LogP contribution in [-0.4, -0.2) is 0 Å². The molecule has 0 radical (unpaired) electrons. The molecular weight excluding hydrogens is 160 g/mol. The van der Waals surface area contributed by atoms with E-state index in [0.717, 1.165) is 5.56 Å². The summed E-state index contributed by atoms with van der Waals surface area (Å²) in [6.45, 7) is 4.17. The second-order valence-electron chi connectivity index (χ2n) is 3.50. The number of nitriles is 1. The normalized spacial score (nSPS) is 12.5. The highest BCUT2D eigenvalue weighted by Gasteiger charge is 2.09. The Morgan fingerprint density at radius 3 is 2.15 bits per heavy atom. The van der Waals surface area contributed by atoms with E-state index in [0.29, 0.717) is 11.5 Å². The van der Waals surface area contributed by atoms with Crippen LogP contribution in [0.25, 0.3) is 0 Å². The summed E-state index contributed by atoms with van der Waals surface area (Å²) in [6.07, 6.45) is 0. The molecule has 0 saturated carbocycles. The third-order valence-electron chi connectivity index (χ3n) is 2.14. The Balaban J connectivity index is 2.87. The average molecular weight is 174 g/mol. The summed E-state index contributed by atoms with van der Waals surface area (Å²) < 4.78 is 0. The van der Waals surface area contributed by atoms with Gasteiger partial charge in [-0.05, 0) is 23.6 Å². The zero-order valence-electron chi connectivity index (χ0n) is 7.99. The summed E-state index contributed by atoms with van der Waals surface area (Å²) in [5, 5.41) is 8.60. The molecule has 2 heteroatoms. The number of rotatable bonds is 2. The maximum absolute atomic E-state index is 8.60. The summed E-state index contributed by atoms with van der Waals surface area (Å²) in [4.78, 5) is 0. The van der Waals surface area contributed by atoms with E-state index in [2.05, 4.69) is 19.9 Å². The molecular formula is C11H14N2. The van der Waals surface area contributed by atoms with Gasteiger partial charge < -0.3 is 5.73 Å². The van der Waals surface area contributed by atoms with Crippen molar-refractivity contribution < 1.29 is 0 Å². The highest BCUT2D eigenvalue weighted by Crippen LogP contribution is 2.18. The lowest BCUT2D eigenvalue weighted by molar-refractivity contribution is 0.514. The van der Waals surface area contributed by atoms with E-state index in [1.54, 1.807) is 12.1 Å². The first-order valence-electron chi connectivity index (χ1n) is 4.41. The SMILES string of the molecule is CC(C)[C@@H](N)c1ccc(C#N)cc1. The fourth-order valence-corrected chi connectivity index (χ4v) is 1.16. The van der Waals surface area contributed by atoms with Crippen LogP contribution in [0.3, 0.4) is 0 Å². The van der Waals surface area contributed by atoms with Crippen LogP contribution >= 0.6 is 0 Å². The molecule has 0 aliphatic carbocycles. The van der Waals surface area contributed by atoms with Gasteiger partial charge in [-0.3, -0.25) is 0 Å². The van der Waals surface area contributed by atoms with Gasteiger partial charge in [-0.25, -0.2) is 0 Å². The van der Waals surface area contributed by atoms with Crippen LogP contribution < -0.4 is 5.73 Å². The lowest BCUT2D eigenvalue weighted by Crippen LogP contribution is -2.16. The van der Waals surface area contributed by atoms with Gasteiger partial charge in [0.1, 0.15) is 0 Å². The van der Waals surface area contributed by atoms with E-state index in [1.165, 1.54) is 0 Å². The lowest BCUT2D eigenvalue weighted by Gasteiger charge is -2.15. The van der Waals surface area contributed by atoms with Crippen molar-refractivity contribution in [2.75, 3.05) is 0 Å². The van der Waals surface area contributed by atoms with Crippen LogP contribution in [0.4, 0.5) is 0 Å². The molecule has 0 bridgehead atoms. The number of nitrogens with zero attached hydrogens (tertiary/aromatic N) is 1. The third-order valence-corrected chi connectivity index (χ3v) is 2.14. The van der Waals surface area contributed by atoms with Crippen molar-refractivity contribution in [2.24, 2.45) is 11.7 Å². The second kappa shape index (κ2) is 4.06. The Bertz CT molecular complexity index is 306. The van der Waals surface area contributed by atoms with E-state index >= 15 is 0 Å². The van der Waals surface area contributed by atoms with Crippen molar-refractivity contribution in [3.63, 3.8) is 0 Å². The van der Waals surface area contributed by atoms with Crippen molar-refractivity contribution in [2.45, 2.75) is 19.9 Å². The van der Waals surface area contributed by atoms with Crippen molar-refractivity contribution in [1.82, 2.24) is 0 Å². The highest BCUT2D eigenvalue weighted by atomic mass is 14.6. The molecule has 1 rings (SSSR count). The minimum Gasteiger partial charge on any atom is -0.324 e. The monoisotopic (exact) mass is 174 g/mol. The van der Waals surface area contributed by atoms with E-state index in [4.69, 9.17) is 11.0 Å². The lowest BCUT2D eigenvalue weighted by atomic mass is 9.96. The summed E-state index contributed by atoms with van der Waals surface area (Å²) in [6, 6.07) is 9.59. The second-order valence-corrected chi connectivity index (χ2v) is 3.50. The Hall–Kier alpha value is -1.33. The van der Waals surface area contributed by atoms with Gasteiger partial charge in [0.05, 0.1) is 11.6 Å². The number of benzene rings is 1. The largest absolute Gasteiger partial charge is 0.324 e. The van der Waals surface area contributed by atoms with E-state index < -0.39 is 0 Å². The molecule has 1 aromatic carbocycles. The number of hydrogen-bond donors (Lipinski definition) is 1. The molecule has 0 amide bonds. The molecule has 0 unspecified atom stereocenters. The summed E-state index contributed by atoms with van der Waals surface area (Å²) in [7, 11) is 0. The summed E-state index contributed by atoms with van der Waals surface area (Å²) in [5.74, 6) is 0.424. The van der Waals surface area contributed by atoms with E-state index in [9.17, 15) is 0 Å². The maximum atomic E-state index is 8.60. The van der Waals surface area contributed by atoms with Crippen LogP contribution in [0.5, 0.6) is 0 Å². The summed E-state index contributed by atoms with van der Waals surface area (Å²) >= 11 is 0. The molecule has 68 valence electrons. The Morgan fingerprint density at radius 2 is 1.77 bits per heavy atom. The zero-order chi connectivity index (χ0) is 9.84. The van der Waals surface area contributed by atoms with Crippen molar-refractivity contribution >= 4 is 0 Å². The van der Waals surface area contributed by atoms with Gasteiger partial charge >= 0.3 is 0 Å². The summed E-state index contributed by atoms with van der Waals surface area (Å²) in [5.41, 5.74) is 7.72. The molecule has 0 heterocycles. The van der Waals surface area contributed by atoms with Gasteiger partial charge in [-0.15, -0.1) is 0 Å². The molecule has 2 nitrogen and oxygen atoms in total. The van der Waals surface area contributed by atoms with Gasteiger partial charge in [0.25, 0.3) is 0 Å². The average Bonchev–Trinajstić information content (AvgIpc) is 2.17. The van der Waals surface area contributed by atoms with E-state index in [1.807, 2.05) is 12.1 Å². The molecule has 13 heavy (non-hydrogen) atoms. The predicted molar refractivity (Wildman–Crippen MR) is 52.9 cm³/mol. The van der Waals surface area contributed by atoms with Crippen molar-refractivity contribution in [3.8, 4) is 6.07 Å². The smallest absolute Gasteiger partial charge is 0.0991 e. The Labute approximate surface area is 79.0 Å². The van der Waals surface area contributed by atoms with Crippen LogP contribution in [0.1, 0.15) is 31.0 Å². The molecule has 0 spiro atoms. The zero-order valence-corrected chi connectivity index (χ0v) is 7.99. The van der Waals surface area contributed by atoms with Gasteiger partial charge in [0, 0.05) is 6.04 Å². The first-order valence-corrected chi connectivity index (χ1v) is 4.41. The quantitative estimate of drug-likeness (QED) is 0.747. The predicted octanol–water partition coefficient (Wildman–Crippen LogP) is 2.21. The number of nitrogens with two attached hydrogens (primary N) is 1. The molecule has 0 saturated heterocycles. The Kier molecular flexibility index (Phi) is 3.05. The van der Waals surface area contributed by atoms with Gasteiger partial charge in [-0.1, -0.05) is 26.0 Å². The third kappa shape index (κ3) is 2.30. The topological polar surface area (TPSA) is 49.8 Å². The van der Waals surface area contributed by atoms with Gasteiger partial charge in [-0.2, -0.15) is 5.26 Å². The van der Waals surface area contributed by atoms with Crippen molar-refractivity contribution in [3.05, 3.63) is 35.4 Å². The minimum atomic E-state index is 0.0627. The molecule has 0 aliphatic rings. The van der Waals surface area contributed by atoms with Crippen LogP contribution in [0, 0.1) is 17.2 Å². The first-order chi connectivity index (χ1) is 6.15. The van der Waals surface area contributed by atoms with Gasteiger partial charge in [0.15, 0.2) is 0 Å². The van der Waals surface area contributed by atoms with Crippen LogP contribution in [0.15, 0.2) is 24.3 Å². The molecule has 0 aliphatic heterocycles. The molecule has 1 aromatic rings. The number of hydrogen-bond acceptors (Lipinski definition) is 2. The van der Waals surface area contributed by atoms with Gasteiger partial charge in [0.2, 0.25) is 0 Å². The first kappa shape index (κ1) is 9.76. The van der Waals surface area contributed by atoms with E-state index in [-0.39, 0.29) is 6.04 Å². The maximum Gasteiger partial charge on any atom is 0.0991 e. The molecule has 2 N–H and O–H groups in total. The fraction of sp³-hybridized carbons (Fsp3) is 0.364. The molecule has 0 aromatic heterocycles. The minimum absolute atomic E-state index is 0.0627. The highest BCUT2D eigenvalue weighted by molar-refractivity contribution is 5.32. The van der Waals surface area contributed by atoms with Crippen LogP contribution in [-0.2, 0) is 0 Å². The molecule has 0 fully saturated rings. The standard InChI is InChI=1S/C11H14N2/c1-8(2)11(13)10-5-3-9(7-12)4-6-10/h3-6,8,11H,13H2,1-2H3/t11-/m1/s1.